The lowest BCUT2D eigenvalue weighted by atomic mass is 10.2. The summed E-state index contributed by atoms with van der Waals surface area (Å²) >= 11 is 9.29. The Morgan fingerprint density at radius 1 is 1.17 bits per heavy atom. The zero-order valence-electron chi connectivity index (χ0n) is 15.3. The zero-order valence-corrected chi connectivity index (χ0v) is 17.7. The van der Waals surface area contributed by atoms with E-state index in [1.54, 1.807) is 17.6 Å². The van der Waals surface area contributed by atoms with Crippen molar-refractivity contribution in [2.45, 2.75) is 11.7 Å². The number of carbonyl (C=O) groups excluding carboxylic acids is 1. The number of nitrogens with one attached hydrogen (secondary N) is 1. The number of imidazole rings is 1. The first kappa shape index (κ1) is 19.7. The molecule has 2 heterocycles. The number of thiophene rings is 1. The SMILES string of the molecule is O=C(CSc1nc2ccccc2n1Cc1ccccc1Cl)N/N=C/c1cccs1. The van der Waals surface area contributed by atoms with Gasteiger partial charge in [-0.25, -0.2) is 10.4 Å². The summed E-state index contributed by atoms with van der Waals surface area (Å²) < 4.78 is 2.09. The smallest absolute Gasteiger partial charge is 0.250 e. The molecule has 0 radical (unpaired) electrons. The van der Waals surface area contributed by atoms with E-state index >= 15 is 0 Å². The molecule has 146 valence electrons. The third-order valence-electron chi connectivity index (χ3n) is 4.16. The van der Waals surface area contributed by atoms with Gasteiger partial charge in [0, 0.05) is 9.90 Å². The third kappa shape index (κ3) is 4.87. The maximum Gasteiger partial charge on any atom is 0.250 e. The Morgan fingerprint density at radius 3 is 2.83 bits per heavy atom. The minimum atomic E-state index is -0.181. The molecule has 0 unspecified atom stereocenters. The fourth-order valence-electron chi connectivity index (χ4n) is 2.81. The van der Waals surface area contributed by atoms with Gasteiger partial charge in [0.1, 0.15) is 0 Å². The first-order valence-corrected chi connectivity index (χ1v) is 11.1. The summed E-state index contributed by atoms with van der Waals surface area (Å²) in [6.07, 6.45) is 1.64. The normalized spacial score (nSPS) is 11.3. The van der Waals surface area contributed by atoms with Crippen LogP contribution >= 0.6 is 34.7 Å². The standard InChI is InChI=1S/C21H17ClN4OS2/c22-17-8-2-1-6-15(17)13-26-19-10-4-3-9-18(19)24-21(26)29-14-20(27)25-23-12-16-7-5-11-28-16/h1-12H,13-14H2,(H,25,27)/b23-12+. The van der Waals surface area contributed by atoms with Crippen molar-refractivity contribution < 1.29 is 4.79 Å². The predicted molar refractivity (Wildman–Crippen MR) is 121 cm³/mol. The molecule has 29 heavy (non-hydrogen) atoms. The molecule has 8 heteroatoms. The van der Waals surface area contributed by atoms with Crippen LogP contribution in [0.4, 0.5) is 0 Å². The zero-order chi connectivity index (χ0) is 20.1. The van der Waals surface area contributed by atoms with Gasteiger partial charge in [0.25, 0.3) is 5.91 Å². The largest absolute Gasteiger partial charge is 0.314 e. The monoisotopic (exact) mass is 440 g/mol. The highest BCUT2D eigenvalue weighted by molar-refractivity contribution is 7.99. The van der Waals surface area contributed by atoms with E-state index in [4.69, 9.17) is 16.6 Å². The number of hydrogen-bond donors (Lipinski definition) is 1. The van der Waals surface area contributed by atoms with Crippen molar-refractivity contribution >= 4 is 57.9 Å². The Hall–Kier alpha value is -2.61. The lowest BCUT2D eigenvalue weighted by Gasteiger charge is -2.10. The lowest BCUT2D eigenvalue weighted by Crippen LogP contribution is -2.20. The number of hydrogen-bond acceptors (Lipinski definition) is 5. The molecule has 4 aromatic rings. The summed E-state index contributed by atoms with van der Waals surface area (Å²) in [7, 11) is 0. The van der Waals surface area contributed by atoms with Crippen LogP contribution in [-0.4, -0.2) is 27.4 Å². The van der Waals surface area contributed by atoms with Crippen LogP contribution in [0.25, 0.3) is 11.0 Å². The summed E-state index contributed by atoms with van der Waals surface area (Å²) in [6, 6.07) is 19.5. The topological polar surface area (TPSA) is 59.3 Å². The summed E-state index contributed by atoms with van der Waals surface area (Å²) in [5, 5.41) is 7.44. The van der Waals surface area contributed by atoms with Gasteiger partial charge in [-0.05, 0) is 35.2 Å². The van der Waals surface area contributed by atoms with Gasteiger partial charge in [-0.2, -0.15) is 5.10 Å². The molecule has 2 aromatic carbocycles. The summed E-state index contributed by atoms with van der Waals surface area (Å²) in [5.74, 6) is 0.0346. The highest BCUT2D eigenvalue weighted by Gasteiger charge is 2.14. The summed E-state index contributed by atoms with van der Waals surface area (Å²) in [6.45, 7) is 0.584. The Balaban J connectivity index is 1.49. The second kappa shape index (κ2) is 9.26. The molecule has 1 N–H and O–H groups in total. The Labute approximate surface area is 181 Å². The number of thioether (sulfide) groups is 1. The fourth-order valence-corrected chi connectivity index (χ4v) is 4.40. The van der Waals surface area contributed by atoms with E-state index in [1.165, 1.54) is 11.8 Å². The van der Waals surface area contributed by atoms with E-state index in [-0.39, 0.29) is 11.7 Å². The van der Waals surface area contributed by atoms with Gasteiger partial charge in [-0.1, -0.05) is 59.8 Å². The molecule has 2 aromatic heterocycles. The molecule has 0 saturated carbocycles. The number of hydrazone groups is 1. The molecule has 5 nitrogen and oxygen atoms in total. The number of nitrogens with zero attached hydrogens (tertiary/aromatic N) is 3. The maximum atomic E-state index is 12.2. The van der Waals surface area contributed by atoms with Crippen LogP contribution in [-0.2, 0) is 11.3 Å². The van der Waals surface area contributed by atoms with Crippen molar-refractivity contribution in [1.82, 2.24) is 15.0 Å². The first-order valence-electron chi connectivity index (χ1n) is 8.87. The molecule has 0 aliphatic heterocycles. The highest BCUT2D eigenvalue weighted by atomic mass is 35.5. The second-order valence-electron chi connectivity index (χ2n) is 6.16. The number of benzene rings is 2. The van der Waals surface area contributed by atoms with E-state index in [1.807, 2.05) is 66.0 Å². The lowest BCUT2D eigenvalue weighted by molar-refractivity contribution is -0.118. The van der Waals surface area contributed by atoms with Gasteiger partial charge in [-0.3, -0.25) is 4.79 Å². The van der Waals surface area contributed by atoms with Crippen LogP contribution in [0.1, 0.15) is 10.4 Å². The van der Waals surface area contributed by atoms with E-state index in [2.05, 4.69) is 15.1 Å². The van der Waals surface area contributed by atoms with Crippen LogP contribution in [0.15, 0.2) is 76.3 Å². The van der Waals surface area contributed by atoms with Crippen LogP contribution in [0.2, 0.25) is 5.02 Å². The molecule has 0 aliphatic rings. The number of fused-ring (bicyclic) bond motifs is 1. The second-order valence-corrected chi connectivity index (χ2v) is 8.49. The molecule has 0 bridgehead atoms. The summed E-state index contributed by atoms with van der Waals surface area (Å²) in [5.41, 5.74) is 5.46. The number of aromatic nitrogens is 2. The van der Waals surface area contributed by atoms with Crippen LogP contribution in [0, 0.1) is 0 Å². The average molecular weight is 441 g/mol. The highest BCUT2D eigenvalue weighted by Crippen LogP contribution is 2.27. The van der Waals surface area contributed by atoms with Crippen molar-refractivity contribution in [2.75, 3.05) is 5.75 Å². The number of rotatable bonds is 7. The Morgan fingerprint density at radius 2 is 2.00 bits per heavy atom. The van der Waals surface area contributed by atoms with E-state index < -0.39 is 0 Å². The number of para-hydroxylation sites is 2. The van der Waals surface area contributed by atoms with Crippen molar-refractivity contribution in [3.63, 3.8) is 0 Å². The van der Waals surface area contributed by atoms with Gasteiger partial charge in [0.05, 0.1) is 29.5 Å². The molecule has 0 spiro atoms. The molecule has 0 fully saturated rings. The van der Waals surface area contributed by atoms with Crippen molar-refractivity contribution in [3.8, 4) is 0 Å². The van der Waals surface area contributed by atoms with Gasteiger partial charge >= 0.3 is 0 Å². The Bertz CT molecular complexity index is 1150. The number of halogens is 1. The van der Waals surface area contributed by atoms with E-state index in [0.29, 0.717) is 11.6 Å². The molecule has 4 rings (SSSR count). The van der Waals surface area contributed by atoms with Crippen LogP contribution < -0.4 is 5.43 Å². The van der Waals surface area contributed by atoms with Crippen LogP contribution in [0.3, 0.4) is 0 Å². The minimum Gasteiger partial charge on any atom is -0.314 e. The van der Waals surface area contributed by atoms with Gasteiger partial charge in [-0.15, -0.1) is 11.3 Å². The minimum absolute atomic E-state index is 0.181. The van der Waals surface area contributed by atoms with Gasteiger partial charge < -0.3 is 4.57 Å². The summed E-state index contributed by atoms with van der Waals surface area (Å²) in [4.78, 5) is 17.9. The van der Waals surface area contributed by atoms with Gasteiger partial charge in [0.2, 0.25) is 0 Å². The van der Waals surface area contributed by atoms with E-state index in [0.717, 1.165) is 26.6 Å². The molecular weight excluding hydrogens is 424 g/mol. The van der Waals surface area contributed by atoms with E-state index in [9.17, 15) is 4.79 Å². The molecular formula is C21H17ClN4OS2. The maximum absolute atomic E-state index is 12.2. The average Bonchev–Trinajstić information content (AvgIpc) is 3.36. The predicted octanol–water partition coefficient (Wildman–Crippen LogP) is 5.04. The van der Waals surface area contributed by atoms with Gasteiger partial charge in [0.15, 0.2) is 5.16 Å². The Kier molecular flexibility index (Phi) is 6.29. The van der Waals surface area contributed by atoms with Crippen molar-refractivity contribution in [2.24, 2.45) is 5.10 Å². The number of carbonyl (C=O) groups is 1. The van der Waals surface area contributed by atoms with Crippen LogP contribution in [0.5, 0.6) is 0 Å². The molecule has 1 amide bonds. The molecule has 0 aliphatic carbocycles. The molecule has 0 atom stereocenters. The number of amides is 1. The third-order valence-corrected chi connectivity index (χ3v) is 6.31. The van der Waals surface area contributed by atoms with Crippen molar-refractivity contribution in [1.29, 1.82) is 0 Å². The molecule has 0 saturated heterocycles. The van der Waals surface area contributed by atoms with Crippen molar-refractivity contribution in [3.05, 3.63) is 81.5 Å². The first-order chi connectivity index (χ1) is 14.2. The fraction of sp³-hybridized carbons (Fsp3) is 0.0952. The quantitative estimate of drug-likeness (QED) is 0.249.